The summed E-state index contributed by atoms with van der Waals surface area (Å²) in [6, 6.07) is 9.44. The van der Waals surface area contributed by atoms with Gasteiger partial charge in [0.2, 0.25) is 5.89 Å². The maximum absolute atomic E-state index is 10.5. The predicted molar refractivity (Wildman–Crippen MR) is 80.1 cm³/mol. The third-order valence-corrected chi connectivity index (χ3v) is 3.39. The number of aliphatic hydroxyl groups excluding tert-OH is 1. The average molecular weight is 298 g/mol. The van der Waals surface area contributed by atoms with Gasteiger partial charge >= 0.3 is 0 Å². The molecule has 0 saturated carbocycles. The summed E-state index contributed by atoms with van der Waals surface area (Å²) in [6.45, 7) is 2.49. The molecular weight excluding hydrogens is 280 g/mol. The Morgan fingerprint density at radius 2 is 2.09 bits per heavy atom. The fourth-order valence-electron chi connectivity index (χ4n) is 2.31. The summed E-state index contributed by atoms with van der Waals surface area (Å²) in [5.74, 6) is 1.79. The molecular formula is C16H18N4O2. The number of benzene rings is 1. The van der Waals surface area contributed by atoms with Gasteiger partial charge < -0.3 is 14.2 Å². The summed E-state index contributed by atoms with van der Waals surface area (Å²) >= 11 is 0. The normalized spacial score (nSPS) is 12.5. The smallest absolute Gasteiger partial charge is 0.226 e. The summed E-state index contributed by atoms with van der Waals surface area (Å²) in [5.41, 5.74) is 0.801. The molecule has 0 aliphatic heterocycles. The zero-order valence-corrected chi connectivity index (χ0v) is 12.4. The summed E-state index contributed by atoms with van der Waals surface area (Å²) in [7, 11) is 0. The number of imidazole rings is 1. The molecule has 114 valence electrons. The van der Waals surface area contributed by atoms with Crippen molar-refractivity contribution < 1.29 is 9.63 Å². The van der Waals surface area contributed by atoms with Crippen LogP contribution in [0.5, 0.6) is 0 Å². The van der Waals surface area contributed by atoms with Gasteiger partial charge in [0.1, 0.15) is 11.9 Å². The van der Waals surface area contributed by atoms with E-state index < -0.39 is 6.10 Å². The highest BCUT2D eigenvalue weighted by Gasteiger charge is 2.17. The van der Waals surface area contributed by atoms with Crippen LogP contribution >= 0.6 is 0 Å². The summed E-state index contributed by atoms with van der Waals surface area (Å²) in [6.07, 6.45) is 4.42. The molecule has 0 radical (unpaired) electrons. The molecule has 0 bridgehead atoms. The molecule has 0 spiro atoms. The lowest BCUT2D eigenvalue weighted by molar-refractivity contribution is 0.205. The van der Waals surface area contributed by atoms with E-state index in [0.717, 1.165) is 18.4 Å². The van der Waals surface area contributed by atoms with Gasteiger partial charge in [-0.05, 0) is 12.0 Å². The van der Waals surface area contributed by atoms with E-state index in [0.29, 0.717) is 24.1 Å². The maximum atomic E-state index is 10.5. The van der Waals surface area contributed by atoms with Crippen molar-refractivity contribution in [3.8, 4) is 0 Å². The molecule has 6 heteroatoms. The first kappa shape index (κ1) is 14.5. The fourth-order valence-corrected chi connectivity index (χ4v) is 2.31. The molecule has 2 aromatic heterocycles. The molecule has 0 saturated heterocycles. The number of nitrogens with zero attached hydrogens (tertiary/aromatic N) is 4. The number of aliphatic hydroxyl groups is 1. The lowest BCUT2D eigenvalue weighted by Crippen LogP contribution is -2.11. The largest absolute Gasteiger partial charge is 0.380 e. The highest BCUT2D eigenvalue weighted by molar-refractivity contribution is 5.23. The van der Waals surface area contributed by atoms with Crippen molar-refractivity contribution in [2.45, 2.75) is 32.4 Å². The molecule has 22 heavy (non-hydrogen) atoms. The molecule has 0 fully saturated rings. The van der Waals surface area contributed by atoms with E-state index in [4.69, 9.17) is 4.52 Å². The average Bonchev–Trinajstić information content (AvgIpc) is 3.18. The Balaban J connectivity index is 1.79. The van der Waals surface area contributed by atoms with Crippen LogP contribution in [0.1, 0.15) is 42.6 Å². The topological polar surface area (TPSA) is 77.0 Å². The van der Waals surface area contributed by atoms with Crippen LogP contribution in [-0.4, -0.2) is 24.8 Å². The van der Waals surface area contributed by atoms with Gasteiger partial charge in [0.15, 0.2) is 5.82 Å². The highest BCUT2D eigenvalue weighted by atomic mass is 16.5. The van der Waals surface area contributed by atoms with Gasteiger partial charge in [-0.2, -0.15) is 4.98 Å². The quantitative estimate of drug-likeness (QED) is 0.756. The minimum atomic E-state index is -0.779. The van der Waals surface area contributed by atoms with E-state index in [1.165, 1.54) is 0 Å². The van der Waals surface area contributed by atoms with Crippen LogP contribution in [0, 0.1) is 0 Å². The number of hydrogen-bond donors (Lipinski definition) is 1. The minimum absolute atomic E-state index is 0.423. The van der Waals surface area contributed by atoms with Crippen molar-refractivity contribution >= 4 is 0 Å². The van der Waals surface area contributed by atoms with Gasteiger partial charge in [0, 0.05) is 18.8 Å². The van der Waals surface area contributed by atoms with Crippen molar-refractivity contribution in [1.29, 1.82) is 0 Å². The van der Waals surface area contributed by atoms with Gasteiger partial charge in [-0.1, -0.05) is 42.4 Å². The molecule has 0 amide bonds. The van der Waals surface area contributed by atoms with E-state index in [9.17, 15) is 5.11 Å². The van der Waals surface area contributed by atoms with Crippen molar-refractivity contribution in [3.63, 3.8) is 0 Å². The highest BCUT2D eigenvalue weighted by Crippen LogP contribution is 2.20. The Labute approximate surface area is 128 Å². The Morgan fingerprint density at radius 3 is 2.86 bits per heavy atom. The van der Waals surface area contributed by atoms with Crippen molar-refractivity contribution in [2.24, 2.45) is 0 Å². The van der Waals surface area contributed by atoms with Crippen LogP contribution in [0.2, 0.25) is 0 Å². The van der Waals surface area contributed by atoms with Crippen LogP contribution in [0.25, 0.3) is 0 Å². The van der Waals surface area contributed by atoms with Crippen LogP contribution in [0.15, 0.2) is 47.2 Å². The molecule has 1 aromatic carbocycles. The molecule has 2 heterocycles. The fraction of sp³-hybridized carbons (Fsp3) is 0.312. The molecule has 3 aromatic rings. The number of hydrogen-bond acceptors (Lipinski definition) is 5. The van der Waals surface area contributed by atoms with E-state index in [-0.39, 0.29) is 0 Å². The first-order valence-electron chi connectivity index (χ1n) is 7.33. The molecule has 0 unspecified atom stereocenters. The van der Waals surface area contributed by atoms with Gasteiger partial charge in [0.05, 0.1) is 6.54 Å². The van der Waals surface area contributed by atoms with Gasteiger partial charge in [-0.3, -0.25) is 0 Å². The standard InChI is InChI=1S/C16H18N4O2/c1-2-6-14-18-13(19-22-14)11-20-10-9-17-16(20)15(21)12-7-4-3-5-8-12/h3-5,7-10,15,21H,2,6,11H2,1H3/t15-/m1/s1. The maximum Gasteiger partial charge on any atom is 0.226 e. The van der Waals surface area contributed by atoms with Crippen LogP contribution in [0.3, 0.4) is 0 Å². The molecule has 1 atom stereocenters. The first-order chi connectivity index (χ1) is 10.8. The Kier molecular flexibility index (Phi) is 4.29. The predicted octanol–water partition coefficient (Wildman–Crippen LogP) is 2.35. The number of rotatable bonds is 6. The summed E-state index contributed by atoms with van der Waals surface area (Å²) in [4.78, 5) is 8.60. The van der Waals surface area contributed by atoms with Crippen LogP contribution in [-0.2, 0) is 13.0 Å². The molecule has 3 rings (SSSR count). The second-order valence-electron chi connectivity index (χ2n) is 5.08. The minimum Gasteiger partial charge on any atom is -0.380 e. The van der Waals surface area contributed by atoms with E-state index >= 15 is 0 Å². The van der Waals surface area contributed by atoms with Gasteiger partial charge in [-0.25, -0.2) is 4.98 Å². The summed E-state index contributed by atoms with van der Waals surface area (Å²) < 4.78 is 7.01. The second kappa shape index (κ2) is 6.53. The lowest BCUT2D eigenvalue weighted by atomic mass is 10.1. The molecule has 6 nitrogen and oxygen atoms in total. The SMILES string of the molecule is CCCc1nc(Cn2ccnc2[C@H](O)c2ccccc2)no1. The molecule has 0 aliphatic rings. The molecule has 0 aliphatic carbocycles. The van der Waals surface area contributed by atoms with E-state index in [1.54, 1.807) is 12.4 Å². The number of aryl methyl sites for hydroxylation is 1. The van der Waals surface area contributed by atoms with Crippen LogP contribution < -0.4 is 0 Å². The van der Waals surface area contributed by atoms with E-state index in [1.807, 2.05) is 34.9 Å². The van der Waals surface area contributed by atoms with Crippen LogP contribution in [0.4, 0.5) is 0 Å². The third-order valence-electron chi connectivity index (χ3n) is 3.39. The molecule has 1 N–H and O–H groups in total. The van der Waals surface area contributed by atoms with Gasteiger partial charge in [0.25, 0.3) is 0 Å². The zero-order valence-electron chi connectivity index (χ0n) is 12.4. The van der Waals surface area contributed by atoms with E-state index in [2.05, 4.69) is 22.0 Å². The first-order valence-corrected chi connectivity index (χ1v) is 7.33. The third kappa shape index (κ3) is 3.07. The Hall–Kier alpha value is -2.47. The Bertz CT molecular complexity index is 721. The van der Waals surface area contributed by atoms with Crippen molar-refractivity contribution in [1.82, 2.24) is 19.7 Å². The Morgan fingerprint density at radius 1 is 1.27 bits per heavy atom. The number of aromatic nitrogens is 4. The van der Waals surface area contributed by atoms with Crippen molar-refractivity contribution in [3.05, 3.63) is 65.8 Å². The second-order valence-corrected chi connectivity index (χ2v) is 5.08. The monoisotopic (exact) mass is 298 g/mol. The lowest BCUT2D eigenvalue weighted by Gasteiger charge is -2.12. The summed E-state index contributed by atoms with van der Waals surface area (Å²) in [5, 5.41) is 14.4. The zero-order chi connectivity index (χ0) is 15.4. The van der Waals surface area contributed by atoms with Gasteiger partial charge in [-0.15, -0.1) is 0 Å². The van der Waals surface area contributed by atoms with Crippen molar-refractivity contribution in [2.75, 3.05) is 0 Å².